The third kappa shape index (κ3) is 4.64. The third-order valence-electron chi connectivity index (χ3n) is 4.29. The van der Waals surface area contributed by atoms with Crippen molar-refractivity contribution < 1.29 is 18.4 Å². The van der Waals surface area contributed by atoms with Crippen molar-refractivity contribution in [2.75, 3.05) is 5.32 Å². The molecule has 1 heterocycles. The minimum Gasteiger partial charge on any atom is -0.485 e. The number of hydrogen-bond acceptors (Lipinski definition) is 5. The van der Waals surface area contributed by atoms with Gasteiger partial charge in [-0.2, -0.15) is 4.98 Å². The topological polar surface area (TPSA) is 89.3 Å². The van der Waals surface area contributed by atoms with Gasteiger partial charge in [0.1, 0.15) is 11.6 Å². The zero-order chi connectivity index (χ0) is 19.3. The molecule has 1 aromatic heterocycles. The fourth-order valence-corrected chi connectivity index (χ4v) is 2.60. The maximum absolute atomic E-state index is 13.5. The molecule has 0 aliphatic heterocycles. The fraction of sp³-hybridized carbons (Fsp3) is 0.250. The van der Waals surface area contributed by atoms with Gasteiger partial charge in [0.2, 0.25) is 11.7 Å². The van der Waals surface area contributed by atoms with Crippen molar-refractivity contribution in [2.45, 2.75) is 31.9 Å². The van der Waals surface area contributed by atoms with Crippen LogP contribution >= 0.6 is 0 Å². The summed E-state index contributed by atoms with van der Waals surface area (Å²) >= 11 is 0. The van der Waals surface area contributed by atoms with Gasteiger partial charge in [0, 0.05) is 23.7 Å². The summed E-state index contributed by atoms with van der Waals surface area (Å²) in [4.78, 5) is 16.3. The molecular formula is C20H19FN4O3. The molecule has 4 rings (SSSR count). The van der Waals surface area contributed by atoms with Crippen LogP contribution in [0.1, 0.15) is 36.0 Å². The Balaban J connectivity index is 1.24. The van der Waals surface area contributed by atoms with E-state index >= 15 is 0 Å². The number of nitrogens with one attached hydrogen (secondary N) is 2. The summed E-state index contributed by atoms with van der Waals surface area (Å²) in [6.45, 7) is 0.319. The van der Waals surface area contributed by atoms with Crippen LogP contribution in [0.3, 0.4) is 0 Å². The lowest BCUT2D eigenvalue weighted by Crippen LogP contribution is -2.28. The van der Waals surface area contributed by atoms with Gasteiger partial charge in [0.15, 0.2) is 6.61 Å². The number of rotatable bonds is 7. The number of aromatic nitrogens is 2. The summed E-state index contributed by atoms with van der Waals surface area (Å²) in [6.07, 6.45) is 2.20. The molecule has 1 aliphatic rings. The van der Waals surface area contributed by atoms with Crippen LogP contribution in [0.2, 0.25) is 0 Å². The Labute approximate surface area is 160 Å². The second-order valence-electron chi connectivity index (χ2n) is 6.54. The highest BCUT2D eigenvalue weighted by Gasteiger charge is 2.29. The van der Waals surface area contributed by atoms with E-state index in [4.69, 9.17) is 9.26 Å². The molecule has 7 nitrogen and oxygen atoms in total. The number of nitrogens with zero attached hydrogens (tertiary/aromatic N) is 2. The lowest BCUT2D eigenvalue weighted by atomic mass is 10.2. The molecule has 8 heteroatoms. The van der Waals surface area contributed by atoms with Gasteiger partial charge in [-0.1, -0.05) is 23.4 Å². The second kappa shape index (κ2) is 8.08. The first-order chi connectivity index (χ1) is 13.7. The highest BCUT2D eigenvalue weighted by atomic mass is 19.1. The minimum atomic E-state index is -0.420. The van der Waals surface area contributed by atoms with Gasteiger partial charge >= 0.3 is 6.03 Å². The van der Waals surface area contributed by atoms with E-state index in [9.17, 15) is 9.18 Å². The van der Waals surface area contributed by atoms with E-state index in [0.29, 0.717) is 34.6 Å². The number of amides is 2. The van der Waals surface area contributed by atoms with Crippen LogP contribution in [0, 0.1) is 5.82 Å². The SMILES string of the molecule is O=C(NCc1ccccc1F)Nc1ccc(OCc2noc(C3CC3)n2)cc1. The van der Waals surface area contributed by atoms with Gasteiger partial charge in [-0.3, -0.25) is 0 Å². The second-order valence-corrected chi connectivity index (χ2v) is 6.54. The van der Waals surface area contributed by atoms with Crippen molar-refractivity contribution in [1.29, 1.82) is 0 Å². The average Bonchev–Trinajstić information content (AvgIpc) is 3.45. The number of carbonyl (C=O) groups is 1. The molecule has 144 valence electrons. The Morgan fingerprint density at radius 1 is 1.18 bits per heavy atom. The van der Waals surface area contributed by atoms with Crippen LogP contribution in [0.4, 0.5) is 14.9 Å². The summed E-state index contributed by atoms with van der Waals surface area (Å²) < 4.78 is 24.4. The lowest BCUT2D eigenvalue weighted by molar-refractivity contribution is 0.251. The average molecular weight is 382 g/mol. The van der Waals surface area contributed by atoms with Gasteiger partial charge in [0.05, 0.1) is 0 Å². The maximum Gasteiger partial charge on any atom is 0.319 e. The Bertz CT molecular complexity index is 954. The van der Waals surface area contributed by atoms with Gasteiger partial charge in [-0.25, -0.2) is 9.18 Å². The number of anilines is 1. The highest BCUT2D eigenvalue weighted by molar-refractivity contribution is 5.89. The van der Waals surface area contributed by atoms with Crippen LogP contribution in [-0.2, 0) is 13.2 Å². The largest absolute Gasteiger partial charge is 0.485 e. The number of urea groups is 1. The zero-order valence-corrected chi connectivity index (χ0v) is 15.0. The number of carbonyl (C=O) groups excluding carboxylic acids is 1. The number of halogens is 1. The predicted octanol–water partition coefficient (Wildman–Crippen LogP) is 3.99. The Morgan fingerprint density at radius 3 is 2.71 bits per heavy atom. The molecule has 1 fully saturated rings. The van der Waals surface area contributed by atoms with Crippen molar-refractivity contribution in [3.8, 4) is 5.75 Å². The monoisotopic (exact) mass is 382 g/mol. The molecule has 1 saturated carbocycles. The molecule has 0 atom stereocenters. The smallest absolute Gasteiger partial charge is 0.319 e. The molecule has 2 amide bonds. The maximum atomic E-state index is 13.5. The first-order valence-corrected chi connectivity index (χ1v) is 9.01. The molecule has 1 aliphatic carbocycles. The summed E-state index contributed by atoms with van der Waals surface area (Å²) in [6, 6.07) is 12.8. The molecule has 0 unspecified atom stereocenters. The van der Waals surface area contributed by atoms with E-state index in [1.165, 1.54) is 6.07 Å². The molecule has 0 saturated heterocycles. The van der Waals surface area contributed by atoms with E-state index in [1.807, 2.05) is 0 Å². The molecule has 2 N–H and O–H groups in total. The van der Waals surface area contributed by atoms with Crippen LogP contribution in [0.25, 0.3) is 0 Å². The molecule has 3 aromatic rings. The van der Waals surface area contributed by atoms with Gasteiger partial charge < -0.3 is 19.9 Å². The summed E-state index contributed by atoms with van der Waals surface area (Å²) in [5, 5.41) is 9.20. The molecule has 28 heavy (non-hydrogen) atoms. The van der Waals surface area contributed by atoms with Crippen molar-refractivity contribution >= 4 is 11.7 Å². The van der Waals surface area contributed by atoms with Crippen molar-refractivity contribution in [1.82, 2.24) is 15.5 Å². The number of ether oxygens (including phenoxy) is 1. The normalized spacial score (nSPS) is 13.2. The quantitative estimate of drug-likeness (QED) is 0.645. The standard InChI is InChI=1S/C20H19FN4O3/c21-17-4-2-1-3-14(17)11-22-20(26)23-15-7-9-16(10-8-15)27-12-18-24-19(28-25-18)13-5-6-13/h1-4,7-10,13H,5-6,11-12H2,(H2,22,23,26). The molecule has 2 aromatic carbocycles. The van der Waals surface area contributed by atoms with E-state index < -0.39 is 6.03 Å². The molecule has 0 spiro atoms. The van der Waals surface area contributed by atoms with Crippen molar-refractivity contribution in [2.24, 2.45) is 0 Å². The van der Waals surface area contributed by atoms with Crippen LogP contribution in [-0.4, -0.2) is 16.2 Å². The van der Waals surface area contributed by atoms with E-state index in [1.54, 1.807) is 42.5 Å². The predicted molar refractivity (Wildman–Crippen MR) is 99.3 cm³/mol. The van der Waals surface area contributed by atoms with Crippen LogP contribution in [0.15, 0.2) is 53.1 Å². The summed E-state index contributed by atoms with van der Waals surface area (Å²) in [5.41, 5.74) is 1.02. The van der Waals surface area contributed by atoms with Gasteiger partial charge in [0.25, 0.3) is 0 Å². The summed E-state index contributed by atoms with van der Waals surface area (Å²) in [5.74, 6) is 1.87. The fourth-order valence-electron chi connectivity index (χ4n) is 2.60. The number of benzene rings is 2. The molecule has 0 radical (unpaired) electrons. The van der Waals surface area contributed by atoms with E-state index in [-0.39, 0.29) is 19.0 Å². The van der Waals surface area contributed by atoms with E-state index in [2.05, 4.69) is 20.8 Å². The van der Waals surface area contributed by atoms with Crippen molar-refractivity contribution in [3.63, 3.8) is 0 Å². The van der Waals surface area contributed by atoms with Crippen LogP contribution < -0.4 is 15.4 Å². The summed E-state index contributed by atoms with van der Waals surface area (Å²) in [7, 11) is 0. The Kier molecular flexibility index (Phi) is 5.18. The molecule has 0 bridgehead atoms. The van der Waals surface area contributed by atoms with E-state index in [0.717, 1.165) is 12.8 Å². The van der Waals surface area contributed by atoms with Crippen LogP contribution in [0.5, 0.6) is 5.75 Å². The first kappa shape index (κ1) is 18.0. The minimum absolute atomic E-state index is 0.104. The molecular weight excluding hydrogens is 363 g/mol. The Morgan fingerprint density at radius 2 is 1.96 bits per heavy atom. The van der Waals surface area contributed by atoms with Gasteiger partial charge in [-0.15, -0.1) is 0 Å². The van der Waals surface area contributed by atoms with Crippen molar-refractivity contribution in [3.05, 3.63) is 71.6 Å². The van der Waals surface area contributed by atoms with Gasteiger partial charge in [-0.05, 0) is 43.2 Å². The Hall–Kier alpha value is -3.42. The zero-order valence-electron chi connectivity index (χ0n) is 15.0. The first-order valence-electron chi connectivity index (χ1n) is 9.01. The highest BCUT2D eigenvalue weighted by Crippen LogP contribution is 2.38. The third-order valence-corrected chi connectivity index (χ3v) is 4.29. The number of hydrogen-bond donors (Lipinski definition) is 2. The lowest BCUT2D eigenvalue weighted by Gasteiger charge is -2.09.